The molecule has 1 aromatic heterocycles. The minimum absolute atomic E-state index is 0.165. The molecule has 2 heterocycles. The van der Waals surface area contributed by atoms with Crippen molar-refractivity contribution >= 4 is 23.4 Å². The number of carbonyl (C=O) groups is 1. The molecular weight excluding hydrogens is 386 g/mol. The lowest BCUT2D eigenvalue weighted by molar-refractivity contribution is -0.118. The van der Waals surface area contributed by atoms with E-state index in [0.717, 1.165) is 47.0 Å². The standard InChI is InChI=1S/C22H23N3O3S/c1-15-23-22(28-24-15)18-6-3-4-7-20(18)29-13-5-8-21(26)25-12-11-16-9-10-17(27-2)14-19(16)25/h3-4,6-7,9-10,14H,5,8,11-13H2,1-2H3. The molecule has 1 aliphatic heterocycles. The van der Waals surface area contributed by atoms with Gasteiger partial charge in [-0.05, 0) is 49.3 Å². The second-order valence-corrected chi connectivity index (χ2v) is 8.02. The van der Waals surface area contributed by atoms with Crippen molar-refractivity contribution < 1.29 is 14.1 Å². The number of nitrogens with zero attached hydrogens (tertiary/aromatic N) is 3. The molecule has 2 aromatic carbocycles. The smallest absolute Gasteiger partial charge is 0.259 e. The van der Waals surface area contributed by atoms with E-state index in [1.165, 1.54) is 5.56 Å². The first-order valence-electron chi connectivity index (χ1n) is 9.65. The summed E-state index contributed by atoms with van der Waals surface area (Å²) in [6.07, 6.45) is 2.22. The third-order valence-electron chi connectivity index (χ3n) is 4.93. The van der Waals surface area contributed by atoms with Crippen molar-refractivity contribution in [2.75, 3.05) is 24.3 Å². The van der Waals surface area contributed by atoms with E-state index in [1.807, 2.05) is 47.4 Å². The second kappa shape index (κ2) is 8.69. The van der Waals surface area contributed by atoms with E-state index in [2.05, 4.69) is 10.1 Å². The fourth-order valence-corrected chi connectivity index (χ4v) is 4.46. The molecule has 7 heteroatoms. The van der Waals surface area contributed by atoms with Gasteiger partial charge in [0.1, 0.15) is 5.75 Å². The maximum absolute atomic E-state index is 12.8. The van der Waals surface area contributed by atoms with Gasteiger partial charge >= 0.3 is 0 Å². The summed E-state index contributed by atoms with van der Waals surface area (Å²) in [5, 5.41) is 3.87. The van der Waals surface area contributed by atoms with E-state index in [1.54, 1.807) is 25.8 Å². The van der Waals surface area contributed by atoms with E-state index >= 15 is 0 Å². The van der Waals surface area contributed by atoms with Gasteiger partial charge in [-0.15, -0.1) is 11.8 Å². The Balaban J connectivity index is 1.34. The van der Waals surface area contributed by atoms with E-state index in [4.69, 9.17) is 9.26 Å². The van der Waals surface area contributed by atoms with Crippen LogP contribution in [-0.2, 0) is 11.2 Å². The normalized spacial score (nSPS) is 12.8. The van der Waals surface area contributed by atoms with Crippen LogP contribution in [0.3, 0.4) is 0 Å². The summed E-state index contributed by atoms with van der Waals surface area (Å²) in [5.41, 5.74) is 3.13. The highest BCUT2D eigenvalue weighted by Crippen LogP contribution is 2.33. The average molecular weight is 410 g/mol. The van der Waals surface area contributed by atoms with Gasteiger partial charge in [-0.3, -0.25) is 4.79 Å². The molecule has 6 nitrogen and oxygen atoms in total. The van der Waals surface area contributed by atoms with Gasteiger partial charge < -0.3 is 14.2 Å². The second-order valence-electron chi connectivity index (χ2n) is 6.88. The summed E-state index contributed by atoms with van der Waals surface area (Å²) in [7, 11) is 1.65. The molecule has 3 aromatic rings. The number of fused-ring (bicyclic) bond motifs is 1. The Morgan fingerprint density at radius 2 is 2.14 bits per heavy atom. The first-order chi connectivity index (χ1) is 14.2. The molecule has 0 atom stereocenters. The molecular formula is C22H23N3O3S. The Morgan fingerprint density at radius 1 is 1.28 bits per heavy atom. The fourth-order valence-electron chi connectivity index (χ4n) is 3.46. The van der Waals surface area contributed by atoms with Crippen molar-refractivity contribution in [1.82, 2.24) is 10.1 Å². The summed E-state index contributed by atoms with van der Waals surface area (Å²) < 4.78 is 10.6. The highest BCUT2D eigenvalue weighted by molar-refractivity contribution is 7.99. The Bertz CT molecular complexity index is 1020. The number of hydrogen-bond donors (Lipinski definition) is 0. The van der Waals surface area contributed by atoms with Gasteiger partial charge in [0, 0.05) is 23.9 Å². The molecule has 4 rings (SSSR count). The van der Waals surface area contributed by atoms with Crippen LogP contribution in [0.25, 0.3) is 11.5 Å². The summed E-state index contributed by atoms with van der Waals surface area (Å²) in [6.45, 7) is 2.55. The van der Waals surface area contributed by atoms with Gasteiger partial charge in [0.2, 0.25) is 5.91 Å². The zero-order chi connectivity index (χ0) is 20.2. The van der Waals surface area contributed by atoms with Crippen molar-refractivity contribution in [3.63, 3.8) is 0 Å². The average Bonchev–Trinajstić information content (AvgIpc) is 3.37. The number of benzene rings is 2. The lowest BCUT2D eigenvalue weighted by Gasteiger charge is -2.18. The lowest BCUT2D eigenvalue weighted by Crippen LogP contribution is -2.28. The SMILES string of the molecule is COc1ccc2c(c1)N(C(=O)CCCSc1ccccc1-c1nc(C)no1)CC2. The number of methoxy groups -OCH3 is 1. The van der Waals surface area contributed by atoms with Gasteiger partial charge in [0.25, 0.3) is 5.89 Å². The third kappa shape index (κ3) is 4.29. The summed E-state index contributed by atoms with van der Waals surface area (Å²) in [4.78, 5) is 20.0. The molecule has 0 unspecified atom stereocenters. The largest absolute Gasteiger partial charge is 0.497 e. The maximum Gasteiger partial charge on any atom is 0.259 e. The van der Waals surface area contributed by atoms with E-state index in [0.29, 0.717) is 18.1 Å². The number of carbonyl (C=O) groups excluding carboxylic acids is 1. The molecule has 1 amide bonds. The Hall–Kier alpha value is -2.80. The predicted octanol–water partition coefficient (Wildman–Crippen LogP) is 4.52. The molecule has 0 saturated carbocycles. The zero-order valence-corrected chi connectivity index (χ0v) is 17.4. The highest BCUT2D eigenvalue weighted by atomic mass is 32.2. The Kier molecular flexibility index (Phi) is 5.85. The number of hydrogen-bond acceptors (Lipinski definition) is 6. The number of rotatable bonds is 7. The first kappa shape index (κ1) is 19.5. The van der Waals surface area contributed by atoms with Crippen molar-refractivity contribution in [1.29, 1.82) is 0 Å². The number of aryl methyl sites for hydroxylation is 1. The molecule has 29 heavy (non-hydrogen) atoms. The molecule has 0 bridgehead atoms. The van der Waals surface area contributed by atoms with Crippen LogP contribution in [0.1, 0.15) is 24.2 Å². The monoisotopic (exact) mass is 409 g/mol. The molecule has 0 radical (unpaired) electrons. The molecule has 0 N–H and O–H groups in total. The van der Waals surface area contributed by atoms with Crippen molar-refractivity contribution in [3.05, 3.63) is 53.9 Å². The molecule has 0 aliphatic carbocycles. The van der Waals surface area contributed by atoms with Crippen LogP contribution < -0.4 is 9.64 Å². The zero-order valence-electron chi connectivity index (χ0n) is 16.6. The number of thioether (sulfide) groups is 1. The fraction of sp³-hybridized carbons (Fsp3) is 0.318. The quantitative estimate of drug-likeness (QED) is 0.422. The minimum Gasteiger partial charge on any atom is -0.497 e. The van der Waals surface area contributed by atoms with Crippen LogP contribution in [-0.4, -0.2) is 35.5 Å². The first-order valence-corrected chi connectivity index (χ1v) is 10.6. The van der Waals surface area contributed by atoms with Crippen LogP contribution in [0.4, 0.5) is 5.69 Å². The van der Waals surface area contributed by atoms with Crippen LogP contribution in [0.5, 0.6) is 5.75 Å². The van der Waals surface area contributed by atoms with E-state index < -0.39 is 0 Å². The van der Waals surface area contributed by atoms with Gasteiger partial charge in [0.15, 0.2) is 5.82 Å². The number of ether oxygens (including phenoxy) is 1. The summed E-state index contributed by atoms with van der Waals surface area (Å²) >= 11 is 1.71. The Labute approximate surface area is 174 Å². The molecule has 0 saturated heterocycles. The molecule has 1 aliphatic rings. The summed E-state index contributed by atoms with van der Waals surface area (Å²) in [5.74, 6) is 2.94. The van der Waals surface area contributed by atoms with Crippen LogP contribution in [0.15, 0.2) is 51.9 Å². The van der Waals surface area contributed by atoms with Crippen LogP contribution in [0, 0.1) is 6.92 Å². The predicted molar refractivity (Wildman–Crippen MR) is 113 cm³/mol. The number of anilines is 1. The third-order valence-corrected chi connectivity index (χ3v) is 6.09. The molecule has 150 valence electrons. The highest BCUT2D eigenvalue weighted by Gasteiger charge is 2.24. The van der Waals surface area contributed by atoms with Gasteiger partial charge in [-0.1, -0.05) is 23.4 Å². The Morgan fingerprint density at radius 3 is 2.93 bits per heavy atom. The maximum atomic E-state index is 12.8. The lowest BCUT2D eigenvalue weighted by atomic mass is 10.1. The summed E-state index contributed by atoms with van der Waals surface area (Å²) in [6, 6.07) is 13.9. The number of aromatic nitrogens is 2. The van der Waals surface area contributed by atoms with Crippen molar-refractivity contribution in [2.45, 2.75) is 31.1 Å². The van der Waals surface area contributed by atoms with Crippen LogP contribution >= 0.6 is 11.8 Å². The van der Waals surface area contributed by atoms with Gasteiger partial charge in [-0.2, -0.15) is 4.98 Å². The van der Waals surface area contributed by atoms with E-state index in [-0.39, 0.29) is 5.91 Å². The minimum atomic E-state index is 0.165. The van der Waals surface area contributed by atoms with E-state index in [9.17, 15) is 4.79 Å². The molecule has 0 spiro atoms. The van der Waals surface area contributed by atoms with Crippen molar-refractivity contribution in [3.8, 4) is 17.2 Å². The van der Waals surface area contributed by atoms with Gasteiger partial charge in [0.05, 0.1) is 18.4 Å². The topological polar surface area (TPSA) is 68.5 Å². The van der Waals surface area contributed by atoms with Gasteiger partial charge in [-0.25, -0.2) is 0 Å². The van der Waals surface area contributed by atoms with Crippen molar-refractivity contribution in [2.24, 2.45) is 0 Å². The number of amides is 1. The molecule has 0 fully saturated rings. The van der Waals surface area contributed by atoms with Crippen LogP contribution in [0.2, 0.25) is 0 Å².